The molecule has 208 valence electrons. The number of hydrogen-bond donors (Lipinski definition) is 2. The maximum absolute atomic E-state index is 14.4. The minimum Gasteiger partial charge on any atom is -0.364 e. The fraction of sp³-hybridized carbons (Fsp3) is 0.562. The van der Waals surface area contributed by atoms with E-state index in [4.69, 9.17) is 5.73 Å². The molecule has 1 aliphatic rings. The van der Waals surface area contributed by atoms with Crippen molar-refractivity contribution in [3.05, 3.63) is 71.8 Å². The molecule has 0 aliphatic carbocycles. The summed E-state index contributed by atoms with van der Waals surface area (Å²) in [6, 6.07) is 19.4. The normalized spacial score (nSPS) is 19.7. The Balaban J connectivity index is 1.97. The number of rotatable bonds is 12. The molecule has 1 heterocycles. The van der Waals surface area contributed by atoms with E-state index in [-0.39, 0.29) is 22.9 Å². The van der Waals surface area contributed by atoms with Crippen molar-refractivity contribution in [3.63, 3.8) is 0 Å². The first-order chi connectivity index (χ1) is 17.7. The molecule has 38 heavy (non-hydrogen) atoms. The van der Waals surface area contributed by atoms with Crippen LogP contribution >= 0.6 is 0 Å². The van der Waals surface area contributed by atoms with Crippen LogP contribution in [0.3, 0.4) is 0 Å². The zero-order chi connectivity index (χ0) is 28.4. The van der Waals surface area contributed by atoms with E-state index in [0.717, 1.165) is 24.0 Å². The lowest BCUT2D eigenvalue weighted by molar-refractivity contribution is -1.17. The van der Waals surface area contributed by atoms with Gasteiger partial charge in [0.05, 0.1) is 5.41 Å². The maximum Gasteiger partial charge on any atom is 0.278 e. The van der Waals surface area contributed by atoms with Gasteiger partial charge in [0.2, 0.25) is 0 Å². The number of hydrogen-bond acceptors (Lipinski definition) is 4. The van der Waals surface area contributed by atoms with E-state index in [1.165, 1.54) is 0 Å². The molecule has 2 aromatic carbocycles. The van der Waals surface area contributed by atoms with Crippen molar-refractivity contribution in [2.75, 3.05) is 14.1 Å². The number of hydroxylamine groups is 3. The van der Waals surface area contributed by atoms with Crippen LogP contribution in [-0.2, 0) is 15.0 Å². The second kappa shape index (κ2) is 11.3. The molecular formula is C32H48N3O3+. The molecular weight excluding hydrogens is 474 g/mol. The molecule has 6 nitrogen and oxygen atoms in total. The Morgan fingerprint density at radius 3 is 1.79 bits per heavy atom. The van der Waals surface area contributed by atoms with Gasteiger partial charge in [-0.25, -0.2) is 5.21 Å². The number of likely N-dealkylation sites (tertiary alicyclic amines) is 1. The Hall–Kier alpha value is -2.54. The highest BCUT2D eigenvalue weighted by molar-refractivity contribution is 5.94. The molecule has 2 atom stereocenters. The number of carbonyl (C=O) groups excluding carboxylic acids is 2. The van der Waals surface area contributed by atoms with Gasteiger partial charge in [-0.05, 0) is 72.7 Å². The van der Waals surface area contributed by atoms with Gasteiger partial charge in [0.1, 0.15) is 16.9 Å². The molecule has 0 bridgehead atoms. The Labute approximate surface area is 229 Å². The Bertz CT molecular complexity index is 1040. The standard InChI is InChI=1S/C32H47N3O3/c1-24(34(6)7)23-32(25-15-10-8-11-16-25,26-17-12-9-13-18-26)28(36)20-14-19-27(29(33)37)35(38)30(2,3)21-22-31(35,4)5/h8-13,15-18,24,27,38H,14,19-23H2,1-7H3,(H-,33,37)/p+1. The van der Waals surface area contributed by atoms with Crippen molar-refractivity contribution in [1.29, 1.82) is 0 Å². The number of primary amides is 1. The topological polar surface area (TPSA) is 83.6 Å². The maximum atomic E-state index is 14.4. The van der Waals surface area contributed by atoms with Crippen LogP contribution in [0.5, 0.6) is 0 Å². The summed E-state index contributed by atoms with van der Waals surface area (Å²) >= 11 is 0. The number of nitrogens with zero attached hydrogens (tertiary/aromatic N) is 2. The van der Waals surface area contributed by atoms with Gasteiger partial charge in [-0.1, -0.05) is 60.7 Å². The SMILES string of the molecule is CC(CC(C(=O)CCCC(C(N)=O)[N+]1(O)C(C)(C)CCC1(C)C)(c1ccccc1)c1ccccc1)N(C)C. The molecule has 0 spiro atoms. The van der Waals surface area contributed by atoms with Gasteiger partial charge in [-0.2, -0.15) is 4.65 Å². The quantitative estimate of drug-likeness (QED) is 0.363. The van der Waals surface area contributed by atoms with Gasteiger partial charge in [0.25, 0.3) is 5.91 Å². The van der Waals surface area contributed by atoms with Crippen LogP contribution in [0.1, 0.15) is 84.3 Å². The molecule has 0 radical (unpaired) electrons. The van der Waals surface area contributed by atoms with Gasteiger partial charge < -0.3 is 10.6 Å². The summed E-state index contributed by atoms with van der Waals surface area (Å²) in [6.45, 7) is 10.2. The fourth-order valence-corrected chi connectivity index (χ4v) is 6.71. The van der Waals surface area contributed by atoms with Crippen LogP contribution in [0.25, 0.3) is 0 Å². The van der Waals surface area contributed by atoms with E-state index in [9.17, 15) is 14.8 Å². The van der Waals surface area contributed by atoms with Crippen molar-refractivity contribution in [2.45, 2.75) is 102 Å². The van der Waals surface area contributed by atoms with E-state index in [0.29, 0.717) is 19.3 Å². The molecule has 1 amide bonds. The second-order valence-electron chi connectivity index (χ2n) is 12.7. The zero-order valence-corrected chi connectivity index (χ0v) is 24.4. The van der Waals surface area contributed by atoms with Crippen LogP contribution in [0.4, 0.5) is 0 Å². The number of amides is 1. The minimum absolute atomic E-state index is 0.122. The number of nitrogens with two attached hydrogens (primary N) is 1. The molecule has 1 aliphatic heterocycles. The average molecular weight is 523 g/mol. The summed E-state index contributed by atoms with van der Waals surface area (Å²) in [5.74, 6) is -0.391. The number of carbonyl (C=O) groups is 2. The number of ketones is 1. The highest BCUT2D eigenvalue weighted by atomic mass is 16.6. The summed E-state index contributed by atoms with van der Waals surface area (Å²) in [5, 5.41) is 12.0. The zero-order valence-electron chi connectivity index (χ0n) is 24.4. The lowest BCUT2D eigenvalue weighted by Crippen LogP contribution is -2.71. The Kier molecular flexibility index (Phi) is 8.91. The Morgan fingerprint density at radius 1 is 0.947 bits per heavy atom. The van der Waals surface area contributed by atoms with E-state index in [1.54, 1.807) is 0 Å². The molecule has 1 fully saturated rings. The van der Waals surface area contributed by atoms with Crippen molar-refractivity contribution in [3.8, 4) is 0 Å². The van der Waals surface area contributed by atoms with Crippen molar-refractivity contribution >= 4 is 11.7 Å². The van der Waals surface area contributed by atoms with Gasteiger partial charge in [-0.3, -0.25) is 9.59 Å². The van der Waals surface area contributed by atoms with Crippen LogP contribution in [0.2, 0.25) is 0 Å². The summed E-state index contributed by atoms with van der Waals surface area (Å²) < 4.78 is -0.385. The van der Waals surface area contributed by atoms with Crippen LogP contribution in [0, 0.1) is 0 Å². The van der Waals surface area contributed by atoms with Gasteiger partial charge in [-0.15, -0.1) is 0 Å². The highest BCUT2D eigenvalue weighted by Crippen LogP contribution is 2.49. The average Bonchev–Trinajstić information content (AvgIpc) is 3.04. The molecule has 0 saturated carbocycles. The molecule has 6 heteroatoms. The van der Waals surface area contributed by atoms with E-state index in [2.05, 4.69) is 11.8 Å². The molecule has 1 saturated heterocycles. The summed E-state index contributed by atoms with van der Waals surface area (Å²) in [6.07, 6.45) is 3.34. The van der Waals surface area contributed by atoms with Crippen LogP contribution < -0.4 is 5.73 Å². The third-order valence-corrected chi connectivity index (χ3v) is 9.35. The van der Waals surface area contributed by atoms with E-state index < -0.39 is 28.4 Å². The third kappa shape index (κ3) is 5.31. The van der Waals surface area contributed by atoms with Gasteiger partial charge in [0, 0.05) is 31.7 Å². The third-order valence-electron chi connectivity index (χ3n) is 9.35. The first-order valence-electron chi connectivity index (χ1n) is 13.9. The lowest BCUT2D eigenvalue weighted by Gasteiger charge is -2.49. The summed E-state index contributed by atoms with van der Waals surface area (Å²) in [4.78, 5) is 29.3. The molecule has 3 rings (SSSR count). The molecule has 0 aromatic heterocycles. The minimum atomic E-state index is -0.827. The Morgan fingerprint density at radius 2 is 1.39 bits per heavy atom. The van der Waals surface area contributed by atoms with Crippen molar-refractivity contribution in [1.82, 2.24) is 4.90 Å². The van der Waals surface area contributed by atoms with Crippen molar-refractivity contribution < 1.29 is 19.4 Å². The second-order valence-corrected chi connectivity index (χ2v) is 12.7. The smallest absolute Gasteiger partial charge is 0.278 e. The van der Waals surface area contributed by atoms with Gasteiger partial charge in [0.15, 0.2) is 6.04 Å². The molecule has 2 unspecified atom stereocenters. The van der Waals surface area contributed by atoms with E-state index in [1.807, 2.05) is 102 Å². The predicted octanol–water partition coefficient (Wildman–Crippen LogP) is 5.46. The monoisotopic (exact) mass is 522 g/mol. The molecule has 2 aromatic rings. The summed E-state index contributed by atoms with van der Waals surface area (Å²) in [5.41, 5.74) is 6.03. The number of benzene rings is 2. The van der Waals surface area contributed by atoms with Crippen LogP contribution in [0.15, 0.2) is 60.7 Å². The first-order valence-corrected chi connectivity index (χ1v) is 13.9. The molecule has 3 N–H and O–H groups in total. The number of quaternary nitrogens is 1. The predicted molar refractivity (Wildman–Crippen MR) is 153 cm³/mol. The van der Waals surface area contributed by atoms with Crippen LogP contribution in [-0.4, -0.2) is 63.7 Å². The van der Waals surface area contributed by atoms with Gasteiger partial charge >= 0.3 is 0 Å². The van der Waals surface area contributed by atoms with Crippen molar-refractivity contribution in [2.24, 2.45) is 5.73 Å². The summed E-state index contributed by atoms with van der Waals surface area (Å²) in [7, 11) is 4.08. The lowest BCUT2D eigenvalue weighted by atomic mass is 9.66. The van der Waals surface area contributed by atoms with E-state index >= 15 is 0 Å². The fourth-order valence-electron chi connectivity index (χ4n) is 6.71. The first kappa shape index (κ1) is 30.0. The number of Topliss-reactive ketones (excluding diaryl/α,β-unsaturated/α-hetero) is 1. The highest BCUT2D eigenvalue weighted by Gasteiger charge is 2.65. The largest absolute Gasteiger partial charge is 0.364 e.